The SMILES string of the molecule is CN1C2CCC1CC(OC(=O)CCCCN1CCOCC1)C2. The fourth-order valence-corrected chi connectivity index (χ4v) is 4.13. The van der Waals surface area contributed by atoms with Gasteiger partial charge in [0, 0.05) is 31.6 Å². The third kappa shape index (κ3) is 4.21. The lowest BCUT2D eigenvalue weighted by molar-refractivity contribution is -0.152. The molecule has 0 radical (unpaired) electrons. The molecule has 3 aliphatic rings. The highest BCUT2D eigenvalue weighted by molar-refractivity contribution is 5.69. The molecule has 3 fully saturated rings. The minimum absolute atomic E-state index is 0.0101. The third-order valence-corrected chi connectivity index (χ3v) is 5.56. The molecule has 0 aromatic rings. The van der Waals surface area contributed by atoms with Crippen LogP contribution in [0.25, 0.3) is 0 Å². The predicted molar refractivity (Wildman–Crippen MR) is 84.8 cm³/mol. The van der Waals surface area contributed by atoms with Crippen LogP contribution in [-0.4, -0.2) is 73.9 Å². The molecule has 0 saturated carbocycles. The quantitative estimate of drug-likeness (QED) is 0.551. The summed E-state index contributed by atoms with van der Waals surface area (Å²) in [4.78, 5) is 16.9. The van der Waals surface area contributed by atoms with Gasteiger partial charge in [0.05, 0.1) is 13.2 Å². The first-order valence-corrected chi connectivity index (χ1v) is 8.94. The zero-order chi connectivity index (χ0) is 15.4. The second-order valence-corrected chi connectivity index (χ2v) is 7.04. The van der Waals surface area contributed by atoms with Crippen LogP contribution < -0.4 is 0 Å². The molecule has 126 valence electrons. The summed E-state index contributed by atoms with van der Waals surface area (Å²) in [6.45, 7) is 4.83. The van der Waals surface area contributed by atoms with Gasteiger partial charge in [-0.1, -0.05) is 0 Å². The number of unbranched alkanes of at least 4 members (excludes halogenated alkanes) is 1. The standard InChI is InChI=1S/C17H30N2O3/c1-18-14-5-6-15(18)13-16(12-14)22-17(20)4-2-3-7-19-8-10-21-11-9-19/h14-16H,2-13H2,1H3. The monoisotopic (exact) mass is 310 g/mol. The van der Waals surface area contributed by atoms with Crippen LogP contribution in [0.1, 0.15) is 44.9 Å². The van der Waals surface area contributed by atoms with Crippen molar-refractivity contribution in [2.45, 2.75) is 63.1 Å². The number of piperidine rings is 1. The Morgan fingerprint density at radius 3 is 2.50 bits per heavy atom. The Kier molecular flexibility index (Phi) is 5.71. The van der Waals surface area contributed by atoms with E-state index in [9.17, 15) is 4.79 Å². The molecule has 3 rings (SSSR count). The molecular formula is C17H30N2O3. The highest BCUT2D eigenvalue weighted by Crippen LogP contribution is 2.35. The Morgan fingerprint density at radius 1 is 1.14 bits per heavy atom. The van der Waals surface area contributed by atoms with Gasteiger partial charge in [-0.3, -0.25) is 9.69 Å². The molecule has 0 aliphatic carbocycles. The highest BCUT2D eigenvalue weighted by atomic mass is 16.5. The predicted octanol–water partition coefficient (Wildman–Crippen LogP) is 1.66. The van der Waals surface area contributed by atoms with Crippen molar-refractivity contribution in [3.63, 3.8) is 0 Å². The van der Waals surface area contributed by atoms with Gasteiger partial charge in [0.1, 0.15) is 6.10 Å². The first-order chi connectivity index (χ1) is 10.7. The van der Waals surface area contributed by atoms with Crippen molar-refractivity contribution in [3.05, 3.63) is 0 Å². The Bertz CT molecular complexity index is 357. The first kappa shape index (κ1) is 16.2. The van der Waals surface area contributed by atoms with Crippen molar-refractivity contribution >= 4 is 5.97 Å². The van der Waals surface area contributed by atoms with Crippen molar-refractivity contribution in [3.8, 4) is 0 Å². The summed E-state index contributed by atoms with van der Waals surface area (Å²) in [5.41, 5.74) is 0. The van der Waals surface area contributed by atoms with Crippen molar-refractivity contribution < 1.29 is 14.3 Å². The molecule has 5 heteroatoms. The number of rotatable bonds is 6. The van der Waals surface area contributed by atoms with Gasteiger partial charge in [-0.2, -0.15) is 0 Å². The summed E-state index contributed by atoms with van der Waals surface area (Å²) in [7, 11) is 2.21. The number of hydrogen-bond donors (Lipinski definition) is 0. The van der Waals surface area contributed by atoms with E-state index < -0.39 is 0 Å². The van der Waals surface area contributed by atoms with Gasteiger partial charge in [0.15, 0.2) is 0 Å². The minimum Gasteiger partial charge on any atom is -0.462 e. The fourth-order valence-electron chi connectivity index (χ4n) is 4.13. The summed E-state index contributed by atoms with van der Waals surface area (Å²) in [6.07, 6.45) is 7.37. The summed E-state index contributed by atoms with van der Waals surface area (Å²) < 4.78 is 11.1. The Morgan fingerprint density at radius 2 is 1.82 bits per heavy atom. The normalized spacial score (nSPS) is 33.0. The number of fused-ring (bicyclic) bond motifs is 2. The molecule has 0 N–H and O–H groups in total. The number of nitrogens with zero attached hydrogens (tertiary/aromatic N) is 2. The number of carbonyl (C=O) groups excluding carboxylic acids is 1. The number of morpholine rings is 1. The lowest BCUT2D eigenvalue weighted by atomic mass is 10.0. The smallest absolute Gasteiger partial charge is 0.306 e. The number of esters is 1. The van der Waals surface area contributed by atoms with Gasteiger partial charge in [0.2, 0.25) is 0 Å². The molecule has 22 heavy (non-hydrogen) atoms. The van der Waals surface area contributed by atoms with Crippen LogP contribution in [-0.2, 0) is 14.3 Å². The molecule has 0 aromatic carbocycles. The lowest BCUT2D eigenvalue weighted by Crippen LogP contribution is -2.43. The van der Waals surface area contributed by atoms with E-state index in [2.05, 4.69) is 16.8 Å². The molecule has 3 saturated heterocycles. The van der Waals surface area contributed by atoms with E-state index >= 15 is 0 Å². The van der Waals surface area contributed by atoms with Crippen LogP contribution in [0, 0.1) is 0 Å². The average Bonchev–Trinajstić information content (AvgIpc) is 2.75. The molecule has 2 bridgehead atoms. The van der Waals surface area contributed by atoms with Crippen LogP contribution in [0.4, 0.5) is 0 Å². The zero-order valence-corrected chi connectivity index (χ0v) is 13.8. The summed E-state index contributed by atoms with van der Waals surface area (Å²) >= 11 is 0. The molecule has 2 atom stereocenters. The van der Waals surface area contributed by atoms with E-state index in [1.54, 1.807) is 0 Å². The van der Waals surface area contributed by atoms with Crippen LogP contribution in [0.15, 0.2) is 0 Å². The van der Waals surface area contributed by atoms with Crippen LogP contribution in [0.2, 0.25) is 0 Å². The van der Waals surface area contributed by atoms with Crippen LogP contribution >= 0.6 is 0 Å². The molecule has 0 amide bonds. The van der Waals surface area contributed by atoms with Crippen molar-refractivity contribution in [1.29, 1.82) is 0 Å². The van der Waals surface area contributed by atoms with E-state index in [-0.39, 0.29) is 12.1 Å². The molecule has 5 nitrogen and oxygen atoms in total. The average molecular weight is 310 g/mol. The highest BCUT2D eigenvalue weighted by Gasteiger charge is 2.39. The third-order valence-electron chi connectivity index (χ3n) is 5.56. The Balaban J connectivity index is 1.28. The van der Waals surface area contributed by atoms with E-state index in [0.29, 0.717) is 18.5 Å². The van der Waals surface area contributed by atoms with Crippen molar-refractivity contribution in [2.75, 3.05) is 39.9 Å². The van der Waals surface area contributed by atoms with E-state index in [1.165, 1.54) is 12.8 Å². The van der Waals surface area contributed by atoms with Gasteiger partial charge >= 0.3 is 5.97 Å². The van der Waals surface area contributed by atoms with Crippen molar-refractivity contribution in [2.24, 2.45) is 0 Å². The Hall–Kier alpha value is -0.650. The maximum absolute atomic E-state index is 12.0. The van der Waals surface area contributed by atoms with E-state index in [4.69, 9.17) is 9.47 Å². The zero-order valence-electron chi connectivity index (χ0n) is 13.8. The van der Waals surface area contributed by atoms with E-state index in [1.807, 2.05) is 0 Å². The number of hydrogen-bond acceptors (Lipinski definition) is 5. The second kappa shape index (κ2) is 7.75. The van der Waals surface area contributed by atoms with E-state index in [0.717, 1.165) is 58.5 Å². The molecule has 3 heterocycles. The maximum atomic E-state index is 12.0. The summed E-state index contributed by atoms with van der Waals surface area (Å²) in [5, 5.41) is 0. The fraction of sp³-hybridized carbons (Fsp3) is 0.941. The Labute approximate surface area is 133 Å². The molecular weight excluding hydrogens is 280 g/mol. The maximum Gasteiger partial charge on any atom is 0.306 e. The van der Waals surface area contributed by atoms with Gasteiger partial charge in [-0.05, 0) is 52.1 Å². The molecule has 3 aliphatic heterocycles. The molecule has 0 spiro atoms. The number of carbonyl (C=O) groups is 1. The van der Waals surface area contributed by atoms with Crippen molar-refractivity contribution in [1.82, 2.24) is 9.80 Å². The van der Waals surface area contributed by atoms with Crippen LogP contribution in [0.5, 0.6) is 0 Å². The van der Waals surface area contributed by atoms with Gasteiger partial charge < -0.3 is 14.4 Å². The largest absolute Gasteiger partial charge is 0.462 e. The topological polar surface area (TPSA) is 42.0 Å². The van der Waals surface area contributed by atoms with Gasteiger partial charge in [-0.15, -0.1) is 0 Å². The number of ether oxygens (including phenoxy) is 2. The summed E-state index contributed by atoms with van der Waals surface area (Å²) in [6, 6.07) is 1.27. The second-order valence-electron chi connectivity index (χ2n) is 7.04. The minimum atomic E-state index is 0.0101. The molecule has 0 aromatic heterocycles. The summed E-state index contributed by atoms with van der Waals surface area (Å²) in [5.74, 6) is 0.0101. The van der Waals surface area contributed by atoms with Gasteiger partial charge in [-0.25, -0.2) is 0 Å². The van der Waals surface area contributed by atoms with Gasteiger partial charge in [0.25, 0.3) is 0 Å². The molecule has 2 unspecified atom stereocenters. The first-order valence-electron chi connectivity index (χ1n) is 8.94. The lowest BCUT2D eigenvalue weighted by Gasteiger charge is -2.35. The van der Waals surface area contributed by atoms with Crippen LogP contribution in [0.3, 0.4) is 0 Å².